The highest BCUT2D eigenvalue weighted by Gasteiger charge is 2.09. The van der Waals surface area contributed by atoms with Crippen molar-refractivity contribution in [3.63, 3.8) is 0 Å². The van der Waals surface area contributed by atoms with Gasteiger partial charge in [0.25, 0.3) is 0 Å². The number of carboxylic acid groups (broad SMARTS) is 1. The first-order chi connectivity index (χ1) is 8.47. The van der Waals surface area contributed by atoms with E-state index in [-0.39, 0.29) is 12.5 Å². The molecule has 0 fully saturated rings. The number of anilines is 1. The summed E-state index contributed by atoms with van der Waals surface area (Å²) in [5.74, 6) is -1.35. The standard InChI is InChI=1S/C12H15FN2O3/c1-8(5-6-11(16)17)14-12(18)15-10-4-2-3-9(13)7-10/h2-4,7-8H,5-6H2,1H3,(H,16,17)(H2,14,15,18). The lowest BCUT2D eigenvalue weighted by atomic mass is 10.2. The van der Waals surface area contributed by atoms with Gasteiger partial charge in [0.15, 0.2) is 0 Å². The van der Waals surface area contributed by atoms with E-state index in [1.807, 2.05) is 0 Å². The van der Waals surface area contributed by atoms with Crippen molar-refractivity contribution < 1.29 is 19.1 Å². The second-order valence-electron chi connectivity index (χ2n) is 3.94. The molecule has 0 bridgehead atoms. The van der Waals surface area contributed by atoms with Crippen LogP contribution in [-0.2, 0) is 4.79 Å². The molecule has 1 aromatic rings. The van der Waals surface area contributed by atoms with Crippen LogP contribution in [0.1, 0.15) is 19.8 Å². The molecule has 1 aromatic carbocycles. The van der Waals surface area contributed by atoms with E-state index in [2.05, 4.69) is 10.6 Å². The first kappa shape index (κ1) is 14.0. The molecule has 0 spiro atoms. The van der Waals surface area contributed by atoms with Gasteiger partial charge in [-0.15, -0.1) is 0 Å². The zero-order chi connectivity index (χ0) is 13.5. The molecule has 18 heavy (non-hydrogen) atoms. The fraction of sp³-hybridized carbons (Fsp3) is 0.333. The van der Waals surface area contributed by atoms with E-state index >= 15 is 0 Å². The SMILES string of the molecule is CC(CCC(=O)O)NC(=O)Nc1cccc(F)c1. The lowest BCUT2D eigenvalue weighted by molar-refractivity contribution is -0.137. The molecule has 1 rings (SSSR count). The van der Waals surface area contributed by atoms with Crippen LogP contribution in [0, 0.1) is 5.82 Å². The fourth-order valence-corrected chi connectivity index (χ4v) is 1.37. The van der Waals surface area contributed by atoms with Crippen LogP contribution in [0.5, 0.6) is 0 Å². The summed E-state index contributed by atoms with van der Waals surface area (Å²) in [6.07, 6.45) is 0.327. The molecule has 2 amide bonds. The average Bonchev–Trinajstić information content (AvgIpc) is 2.26. The van der Waals surface area contributed by atoms with Crippen LogP contribution in [0.25, 0.3) is 0 Å². The van der Waals surface area contributed by atoms with E-state index in [0.717, 1.165) is 0 Å². The van der Waals surface area contributed by atoms with Gasteiger partial charge in [-0.2, -0.15) is 0 Å². The first-order valence-corrected chi connectivity index (χ1v) is 5.52. The van der Waals surface area contributed by atoms with Crippen molar-refractivity contribution in [2.75, 3.05) is 5.32 Å². The van der Waals surface area contributed by atoms with Gasteiger partial charge >= 0.3 is 12.0 Å². The summed E-state index contributed by atoms with van der Waals surface area (Å²) in [7, 11) is 0. The van der Waals surface area contributed by atoms with Gasteiger partial charge in [-0.1, -0.05) is 6.07 Å². The topological polar surface area (TPSA) is 78.4 Å². The van der Waals surface area contributed by atoms with Crippen molar-refractivity contribution in [3.8, 4) is 0 Å². The lowest BCUT2D eigenvalue weighted by Crippen LogP contribution is -2.36. The Kier molecular flexibility index (Phi) is 5.10. The molecule has 0 saturated heterocycles. The Labute approximate surface area is 104 Å². The van der Waals surface area contributed by atoms with Crippen LogP contribution in [0.4, 0.5) is 14.9 Å². The van der Waals surface area contributed by atoms with Crippen LogP contribution >= 0.6 is 0 Å². The van der Waals surface area contributed by atoms with Crippen molar-refractivity contribution in [2.45, 2.75) is 25.8 Å². The van der Waals surface area contributed by atoms with Crippen molar-refractivity contribution in [1.82, 2.24) is 5.32 Å². The van der Waals surface area contributed by atoms with Gasteiger partial charge < -0.3 is 15.7 Å². The molecule has 5 nitrogen and oxygen atoms in total. The molecular formula is C12H15FN2O3. The molecule has 1 unspecified atom stereocenters. The number of hydrogen-bond donors (Lipinski definition) is 3. The zero-order valence-electron chi connectivity index (χ0n) is 9.94. The summed E-state index contributed by atoms with van der Waals surface area (Å²) >= 11 is 0. The number of halogens is 1. The molecule has 0 aromatic heterocycles. The molecule has 0 aliphatic heterocycles. The van der Waals surface area contributed by atoms with Crippen LogP contribution in [0.2, 0.25) is 0 Å². The summed E-state index contributed by atoms with van der Waals surface area (Å²) in [6, 6.07) is 4.76. The number of rotatable bonds is 5. The van der Waals surface area contributed by atoms with Gasteiger partial charge in [0.05, 0.1) is 0 Å². The summed E-state index contributed by atoms with van der Waals surface area (Å²) in [5.41, 5.74) is 0.345. The molecule has 3 N–H and O–H groups in total. The highest BCUT2D eigenvalue weighted by molar-refractivity contribution is 5.89. The maximum absolute atomic E-state index is 12.9. The van der Waals surface area contributed by atoms with E-state index in [0.29, 0.717) is 12.1 Å². The number of carboxylic acids is 1. The van der Waals surface area contributed by atoms with E-state index in [4.69, 9.17) is 5.11 Å². The Bertz CT molecular complexity index is 437. The smallest absolute Gasteiger partial charge is 0.319 e. The number of nitrogens with one attached hydrogen (secondary N) is 2. The summed E-state index contributed by atoms with van der Waals surface area (Å²) in [4.78, 5) is 21.8. The van der Waals surface area contributed by atoms with Crippen LogP contribution < -0.4 is 10.6 Å². The van der Waals surface area contributed by atoms with Crippen LogP contribution in [-0.4, -0.2) is 23.1 Å². The number of aliphatic carboxylic acids is 1. The second kappa shape index (κ2) is 6.58. The van der Waals surface area contributed by atoms with E-state index < -0.39 is 17.8 Å². The third kappa shape index (κ3) is 5.29. The highest BCUT2D eigenvalue weighted by atomic mass is 19.1. The van der Waals surface area contributed by atoms with Gasteiger partial charge in [-0.25, -0.2) is 9.18 Å². The Morgan fingerprint density at radius 2 is 2.17 bits per heavy atom. The normalized spacial score (nSPS) is 11.7. The van der Waals surface area contributed by atoms with E-state index in [1.54, 1.807) is 13.0 Å². The zero-order valence-corrected chi connectivity index (χ0v) is 9.94. The molecule has 0 aliphatic carbocycles. The highest BCUT2D eigenvalue weighted by Crippen LogP contribution is 2.08. The maximum Gasteiger partial charge on any atom is 0.319 e. The summed E-state index contributed by atoms with van der Waals surface area (Å²) < 4.78 is 12.9. The number of benzene rings is 1. The minimum Gasteiger partial charge on any atom is -0.481 e. The van der Waals surface area contributed by atoms with E-state index in [9.17, 15) is 14.0 Å². The largest absolute Gasteiger partial charge is 0.481 e. The number of amides is 2. The minimum absolute atomic E-state index is 0.0125. The van der Waals surface area contributed by atoms with Crippen molar-refractivity contribution >= 4 is 17.7 Å². The predicted molar refractivity (Wildman–Crippen MR) is 64.9 cm³/mol. The van der Waals surface area contributed by atoms with Crippen LogP contribution in [0.15, 0.2) is 24.3 Å². The minimum atomic E-state index is -0.908. The molecule has 98 valence electrons. The van der Waals surface area contributed by atoms with Crippen molar-refractivity contribution in [1.29, 1.82) is 0 Å². The average molecular weight is 254 g/mol. The molecule has 1 atom stereocenters. The molecule has 0 aliphatic rings. The number of urea groups is 1. The van der Waals surface area contributed by atoms with Gasteiger partial charge in [0.1, 0.15) is 5.82 Å². The number of hydrogen-bond acceptors (Lipinski definition) is 2. The van der Waals surface area contributed by atoms with Gasteiger partial charge in [0.2, 0.25) is 0 Å². The summed E-state index contributed by atoms with van der Waals surface area (Å²) in [6.45, 7) is 1.70. The van der Waals surface area contributed by atoms with Crippen molar-refractivity contribution in [3.05, 3.63) is 30.1 Å². The molecule has 0 saturated carbocycles. The Morgan fingerprint density at radius 1 is 1.44 bits per heavy atom. The molecule has 6 heteroatoms. The van der Waals surface area contributed by atoms with Gasteiger partial charge in [0, 0.05) is 18.2 Å². The number of carbonyl (C=O) groups excluding carboxylic acids is 1. The van der Waals surface area contributed by atoms with E-state index in [1.165, 1.54) is 18.2 Å². The Hall–Kier alpha value is -2.11. The van der Waals surface area contributed by atoms with Crippen molar-refractivity contribution in [2.24, 2.45) is 0 Å². The maximum atomic E-state index is 12.9. The third-order valence-corrected chi connectivity index (χ3v) is 2.25. The fourth-order valence-electron chi connectivity index (χ4n) is 1.37. The van der Waals surface area contributed by atoms with Crippen LogP contribution in [0.3, 0.4) is 0 Å². The molecule has 0 heterocycles. The molecular weight excluding hydrogens is 239 g/mol. The lowest BCUT2D eigenvalue weighted by Gasteiger charge is -2.13. The predicted octanol–water partition coefficient (Wildman–Crippen LogP) is 2.20. The Balaban J connectivity index is 2.39. The van der Waals surface area contributed by atoms with Gasteiger partial charge in [-0.3, -0.25) is 4.79 Å². The summed E-state index contributed by atoms with van der Waals surface area (Å²) in [5, 5.41) is 13.5. The second-order valence-corrected chi connectivity index (χ2v) is 3.94. The molecule has 0 radical (unpaired) electrons. The Morgan fingerprint density at radius 3 is 2.78 bits per heavy atom. The number of carbonyl (C=O) groups is 2. The third-order valence-electron chi connectivity index (χ3n) is 2.25. The quantitative estimate of drug-likeness (QED) is 0.753. The monoisotopic (exact) mass is 254 g/mol. The first-order valence-electron chi connectivity index (χ1n) is 5.52. The van der Waals surface area contributed by atoms with Gasteiger partial charge in [-0.05, 0) is 31.5 Å².